The Balaban J connectivity index is 1.94. The fraction of sp³-hybridized carbons (Fsp3) is 0.533. The Morgan fingerprint density at radius 2 is 1.88 bits per heavy atom. The molecule has 1 heterocycles. The summed E-state index contributed by atoms with van der Waals surface area (Å²) in [6.45, 7) is 0.793. The Bertz CT molecular complexity index is 444. The lowest BCUT2D eigenvalue weighted by Gasteiger charge is -2.29. The van der Waals surface area contributed by atoms with E-state index in [9.17, 15) is 5.26 Å². The molecule has 0 bridgehead atoms. The minimum absolute atomic E-state index is 0.00514. The summed E-state index contributed by atoms with van der Waals surface area (Å²) in [7, 11) is 0. The molecule has 0 amide bonds. The maximum absolute atomic E-state index is 9.24. The average molecular weight is 227 g/mol. The maximum Gasteiger partial charge on any atom is 0.0985 e. The van der Waals surface area contributed by atoms with E-state index in [1.165, 1.54) is 24.0 Å². The molecule has 1 aromatic carbocycles. The van der Waals surface area contributed by atoms with Gasteiger partial charge in [0.15, 0.2) is 0 Å². The second kappa shape index (κ2) is 4.50. The van der Waals surface area contributed by atoms with Crippen LogP contribution >= 0.6 is 0 Å². The van der Waals surface area contributed by atoms with E-state index < -0.39 is 0 Å². The molecule has 1 aliphatic heterocycles. The normalized spacial score (nSPS) is 28.6. The molecule has 0 spiro atoms. The second-order valence-electron chi connectivity index (χ2n) is 5.07. The van der Waals surface area contributed by atoms with Crippen molar-refractivity contribution in [2.45, 2.75) is 37.7 Å². The predicted molar refractivity (Wildman–Crippen MR) is 65.4 cm³/mol. The summed E-state index contributed by atoms with van der Waals surface area (Å²) in [5, 5.41) is 9.24. The number of hydrogen-bond acceptors (Lipinski definition) is 2. The van der Waals surface area contributed by atoms with Crippen LogP contribution in [-0.2, 0) is 4.74 Å². The fourth-order valence-electron chi connectivity index (χ4n) is 2.76. The van der Waals surface area contributed by atoms with E-state index in [-0.39, 0.29) is 12.0 Å². The van der Waals surface area contributed by atoms with Gasteiger partial charge in [0.25, 0.3) is 0 Å². The number of benzene rings is 1. The van der Waals surface area contributed by atoms with Crippen LogP contribution in [0.5, 0.6) is 0 Å². The van der Waals surface area contributed by atoms with Gasteiger partial charge in [0.1, 0.15) is 0 Å². The van der Waals surface area contributed by atoms with Crippen molar-refractivity contribution in [2.75, 3.05) is 6.61 Å². The zero-order valence-electron chi connectivity index (χ0n) is 9.93. The molecule has 2 fully saturated rings. The lowest BCUT2D eigenvalue weighted by molar-refractivity contribution is -0.0106. The van der Waals surface area contributed by atoms with E-state index in [2.05, 4.69) is 30.3 Å². The number of hydrogen-bond donors (Lipinski definition) is 0. The van der Waals surface area contributed by atoms with Crippen LogP contribution in [0.4, 0.5) is 0 Å². The highest BCUT2D eigenvalue weighted by Crippen LogP contribution is 2.45. The lowest BCUT2D eigenvalue weighted by atomic mass is 9.87. The summed E-state index contributed by atoms with van der Waals surface area (Å²) in [5.41, 5.74) is 2.68. The number of nitrogens with zero attached hydrogens (tertiary/aromatic N) is 1. The van der Waals surface area contributed by atoms with E-state index in [1.54, 1.807) is 0 Å². The SMILES string of the molecule is N#CC1CCCOC1c1ccccc1C1CC1. The molecule has 0 N–H and O–H groups in total. The Morgan fingerprint density at radius 1 is 1.12 bits per heavy atom. The standard InChI is InChI=1S/C15H17NO/c16-10-12-4-3-9-17-15(12)14-6-2-1-5-13(14)11-7-8-11/h1-2,5-6,11-12,15H,3-4,7-9H2. The third-order valence-electron chi connectivity index (χ3n) is 3.81. The number of nitriles is 1. The van der Waals surface area contributed by atoms with Gasteiger partial charge >= 0.3 is 0 Å². The van der Waals surface area contributed by atoms with Crippen LogP contribution in [0, 0.1) is 17.2 Å². The molecule has 0 aromatic heterocycles. The monoisotopic (exact) mass is 227 g/mol. The summed E-state index contributed by atoms with van der Waals surface area (Å²) in [5.74, 6) is 0.750. The molecule has 1 saturated carbocycles. The molecule has 0 radical (unpaired) electrons. The molecule has 3 rings (SSSR count). The Morgan fingerprint density at radius 3 is 2.59 bits per heavy atom. The molecule has 17 heavy (non-hydrogen) atoms. The van der Waals surface area contributed by atoms with Crippen molar-refractivity contribution in [1.82, 2.24) is 0 Å². The van der Waals surface area contributed by atoms with Gasteiger partial charge in [0.05, 0.1) is 18.1 Å². The molecular formula is C15H17NO. The number of ether oxygens (including phenoxy) is 1. The molecule has 1 aromatic rings. The maximum atomic E-state index is 9.24. The third-order valence-corrected chi connectivity index (χ3v) is 3.81. The van der Waals surface area contributed by atoms with Crippen molar-refractivity contribution in [2.24, 2.45) is 5.92 Å². The zero-order chi connectivity index (χ0) is 11.7. The topological polar surface area (TPSA) is 33.0 Å². The Hall–Kier alpha value is -1.33. The molecule has 2 unspecified atom stereocenters. The molecule has 2 nitrogen and oxygen atoms in total. The molecule has 88 valence electrons. The van der Waals surface area contributed by atoms with Crippen molar-refractivity contribution < 1.29 is 4.74 Å². The van der Waals surface area contributed by atoms with Crippen LogP contribution in [0.15, 0.2) is 24.3 Å². The van der Waals surface area contributed by atoms with Gasteiger partial charge in [-0.1, -0.05) is 24.3 Å². The van der Waals surface area contributed by atoms with Gasteiger partial charge in [-0.3, -0.25) is 0 Å². The highest BCUT2D eigenvalue weighted by atomic mass is 16.5. The van der Waals surface area contributed by atoms with E-state index in [0.717, 1.165) is 25.4 Å². The van der Waals surface area contributed by atoms with Crippen LogP contribution in [-0.4, -0.2) is 6.61 Å². The van der Waals surface area contributed by atoms with Gasteiger partial charge in [0.2, 0.25) is 0 Å². The van der Waals surface area contributed by atoms with Gasteiger partial charge < -0.3 is 4.74 Å². The summed E-state index contributed by atoms with van der Waals surface area (Å²) in [4.78, 5) is 0. The Kier molecular flexibility index (Phi) is 2.86. The quantitative estimate of drug-likeness (QED) is 0.774. The van der Waals surface area contributed by atoms with Crippen molar-refractivity contribution in [3.8, 4) is 6.07 Å². The highest BCUT2D eigenvalue weighted by Gasteiger charge is 2.33. The molecule has 2 aliphatic rings. The predicted octanol–water partition coefficient (Wildman–Crippen LogP) is 3.56. The first-order valence-corrected chi connectivity index (χ1v) is 6.50. The summed E-state index contributed by atoms with van der Waals surface area (Å²) in [6, 6.07) is 10.9. The second-order valence-corrected chi connectivity index (χ2v) is 5.07. The molecule has 1 saturated heterocycles. The van der Waals surface area contributed by atoms with E-state index >= 15 is 0 Å². The molecule has 2 atom stereocenters. The van der Waals surface area contributed by atoms with Crippen LogP contribution < -0.4 is 0 Å². The fourth-order valence-corrected chi connectivity index (χ4v) is 2.76. The van der Waals surface area contributed by atoms with Gasteiger partial charge in [-0.2, -0.15) is 5.26 Å². The van der Waals surface area contributed by atoms with Crippen molar-refractivity contribution in [1.29, 1.82) is 5.26 Å². The largest absolute Gasteiger partial charge is 0.372 e. The summed E-state index contributed by atoms with van der Waals surface area (Å²) < 4.78 is 5.86. The molecular weight excluding hydrogens is 210 g/mol. The lowest BCUT2D eigenvalue weighted by Crippen LogP contribution is -2.22. The smallest absolute Gasteiger partial charge is 0.0985 e. The van der Waals surface area contributed by atoms with E-state index in [4.69, 9.17) is 4.74 Å². The first kappa shape index (κ1) is 10.8. The van der Waals surface area contributed by atoms with Crippen LogP contribution in [0.3, 0.4) is 0 Å². The van der Waals surface area contributed by atoms with Crippen LogP contribution in [0.25, 0.3) is 0 Å². The van der Waals surface area contributed by atoms with E-state index in [0.29, 0.717) is 0 Å². The van der Waals surface area contributed by atoms with Crippen molar-refractivity contribution in [3.63, 3.8) is 0 Å². The van der Waals surface area contributed by atoms with Crippen LogP contribution in [0.1, 0.15) is 48.8 Å². The zero-order valence-corrected chi connectivity index (χ0v) is 9.93. The summed E-state index contributed by atoms with van der Waals surface area (Å²) >= 11 is 0. The van der Waals surface area contributed by atoms with Gasteiger partial charge in [-0.05, 0) is 42.7 Å². The van der Waals surface area contributed by atoms with E-state index in [1.807, 2.05) is 0 Å². The van der Waals surface area contributed by atoms with Crippen molar-refractivity contribution >= 4 is 0 Å². The Labute approximate surface area is 102 Å². The summed E-state index contributed by atoms with van der Waals surface area (Å²) in [6.07, 6.45) is 4.58. The molecule has 2 heteroatoms. The minimum atomic E-state index is 0.00514. The van der Waals surface area contributed by atoms with Gasteiger partial charge in [-0.15, -0.1) is 0 Å². The van der Waals surface area contributed by atoms with Crippen LogP contribution in [0.2, 0.25) is 0 Å². The first-order chi connectivity index (χ1) is 8.40. The number of rotatable bonds is 2. The van der Waals surface area contributed by atoms with Crippen molar-refractivity contribution in [3.05, 3.63) is 35.4 Å². The van der Waals surface area contributed by atoms with Gasteiger partial charge in [-0.25, -0.2) is 0 Å². The first-order valence-electron chi connectivity index (χ1n) is 6.50. The molecule has 1 aliphatic carbocycles. The van der Waals surface area contributed by atoms with Gasteiger partial charge in [0, 0.05) is 6.61 Å². The third kappa shape index (κ3) is 2.08. The minimum Gasteiger partial charge on any atom is -0.372 e. The average Bonchev–Trinajstić information content (AvgIpc) is 3.23. The highest BCUT2D eigenvalue weighted by molar-refractivity contribution is 5.36.